The van der Waals surface area contributed by atoms with Crippen LogP contribution in [-0.2, 0) is 4.74 Å². The lowest BCUT2D eigenvalue weighted by molar-refractivity contribution is 0.103. The van der Waals surface area contributed by atoms with Gasteiger partial charge in [0, 0.05) is 12.2 Å². The monoisotopic (exact) mass is 293 g/mol. The molecule has 98 valence electrons. The third-order valence-electron chi connectivity index (χ3n) is 3.16. The molecule has 2 N–H and O–H groups in total. The topological polar surface area (TPSA) is 78.3 Å². The highest BCUT2D eigenvalue weighted by Crippen LogP contribution is 2.35. The summed E-state index contributed by atoms with van der Waals surface area (Å²) in [5.41, 5.74) is 6.91. The van der Waals surface area contributed by atoms with Crippen molar-refractivity contribution in [1.29, 1.82) is 0 Å². The van der Waals surface area contributed by atoms with E-state index in [4.69, 9.17) is 10.5 Å². The van der Waals surface area contributed by atoms with E-state index in [1.165, 1.54) is 22.7 Å². The van der Waals surface area contributed by atoms with E-state index in [0.29, 0.717) is 0 Å². The van der Waals surface area contributed by atoms with Crippen molar-refractivity contribution in [3.63, 3.8) is 0 Å². The molecule has 1 aliphatic rings. The maximum atomic E-state index is 5.94. The van der Waals surface area contributed by atoms with Crippen molar-refractivity contribution in [3.8, 4) is 10.6 Å². The first-order valence-electron chi connectivity index (χ1n) is 6.00. The maximum Gasteiger partial charge on any atom is 0.235 e. The van der Waals surface area contributed by atoms with E-state index in [2.05, 4.69) is 15.3 Å². The van der Waals surface area contributed by atoms with Gasteiger partial charge in [0.25, 0.3) is 0 Å². The molecule has 0 radical (unpaired) electrons. The molecular formula is C11H11N5OS2. The van der Waals surface area contributed by atoms with Gasteiger partial charge in [-0.15, -0.1) is 21.5 Å². The fraction of sp³-hybridized carbons (Fsp3) is 0.364. The first kappa shape index (κ1) is 11.3. The van der Waals surface area contributed by atoms with Crippen LogP contribution in [0.1, 0.15) is 24.8 Å². The summed E-state index contributed by atoms with van der Waals surface area (Å²) in [6.45, 7) is 0.786. The summed E-state index contributed by atoms with van der Waals surface area (Å²) in [7, 11) is 0. The molecular weight excluding hydrogens is 282 g/mol. The second kappa shape index (κ2) is 4.26. The zero-order valence-electron chi connectivity index (χ0n) is 9.94. The standard InChI is InChI=1S/C11H11N5OS2/c12-8-6(3-5-18-8)10-15-16-9(7-2-1-4-17-7)13-14-11(16)19-10/h3,5,7H,1-2,4,12H2. The number of hydrogen-bond acceptors (Lipinski definition) is 7. The second-order valence-electron chi connectivity index (χ2n) is 4.36. The number of aromatic nitrogens is 4. The quantitative estimate of drug-likeness (QED) is 0.784. The molecule has 4 rings (SSSR count). The van der Waals surface area contributed by atoms with Crippen molar-refractivity contribution in [2.24, 2.45) is 0 Å². The predicted molar refractivity (Wildman–Crippen MR) is 74.3 cm³/mol. The van der Waals surface area contributed by atoms with E-state index in [0.717, 1.165) is 45.8 Å². The van der Waals surface area contributed by atoms with Crippen LogP contribution in [0.5, 0.6) is 0 Å². The molecule has 1 saturated heterocycles. The lowest BCUT2D eigenvalue weighted by atomic mass is 10.2. The molecule has 3 aromatic rings. The van der Waals surface area contributed by atoms with Gasteiger partial charge in [-0.05, 0) is 24.3 Å². The van der Waals surface area contributed by atoms with Crippen LogP contribution in [0.3, 0.4) is 0 Å². The minimum Gasteiger partial charge on any atom is -0.390 e. The molecule has 0 spiro atoms. The van der Waals surface area contributed by atoms with E-state index in [-0.39, 0.29) is 6.10 Å². The first-order chi connectivity index (χ1) is 9.33. The highest BCUT2D eigenvalue weighted by atomic mass is 32.1. The van der Waals surface area contributed by atoms with Gasteiger partial charge in [-0.25, -0.2) is 0 Å². The van der Waals surface area contributed by atoms with Gasteiger partial charge < -0.3 is 10.5 Å². The number of fused-ring (bicyclic) bond motifs is 1. The normalized spacial score (nSPS) is 19.5. The van der Waals surface area contributed by atoms with Gasteiger partial charge in [-0.2, -0.15) is 9.61 Å². The number of nitrogens with zero attached hydrogens (tertiary/aromatic N) is 4. The third-order valence-corrected chi connectivity index (χ3v) is 4.84. The molecule has 1 fully saturated rings. The Bertz CT molecular complexity index is 724. The molecule has 1 unspecified atom stereocenters. The van der Waals surface area contributed by atoms with Gasteiger partial charge in [-0.1, -0.05) is 11.3 Å². The average Bonchev–Trinajstić information content (AvgIpc) is 3.10. The van der Waals surface area contributed by atoms with Crippen LogP contribution >= 0.6 is 22.7 Å². The van der Waals surface area contributed by atoms with Crippen molar-refractivity contribution >= 4 is 32.6 Å². The van der Waals surface area contributed by atoms with Crippen LogP contribution in [0.25, 0.3) is 15.5 Å². The van der Waals surface area contributed by atoms with E-state index in [1.807, 2.05) is 11.4 Å². The summed E-state index contributed by atoms with van der Waals surface area (Å²) >= 11 is 3.01. The molecule has 0 amide bonds. The Morgan fingerprint density at radius 3 is 3.11 bits per heavy atom. The van der Waals surface area contributed by atoms with Gasteiger partial charge in [0.2, 0.25) is 4.96 Å². The largest absolute Gasteiger partial charge is 0.390 e. The van der Waals surface area contributed by atoms with Crippen molar-refractivity contribution < 1.29 is 4.74 Å². The Labute approximate surface area is 116 Å². The summed E-state index contributed by atoms with van der Waals surface area (Å²) < 4.78 is 7.43. The van der Waals surface area contributed by atoms with Gasteiger partial charge >= 0.3 is 0 Å². The fourth-order valence-electron chi connectivity index (χ4n) is 2.22. The average molecular weight is 293 g/mol. The molecule has 3 aromatic heterocycles. The molecule has 0 aliphatic carbocycles. The Hall–Kier alpha value is -1.51. The second-order valence-corrected chi connectivity index (χ2v) is 6.26. The van der Waals surface area contributed by atoms with Crippen molar-refractivity contribution in [2.75, 3.05) is 12.3 Å². The summed E-state index contributed by atoms with van der Waals surface area (Å²) in [5.74, 6) is 0.795. The molecule has 6 nitrogen and oxygen atoms in total. The Kier molecular flexibility index (Phi) is 2.54. The number of nitrogen functional groups attached to an aromatic ring is 1. The number of anilines is 1. The fourth-order valence-corrected chi connectivity index (χ4v) is 3.81. The van der Waals surface area contributed by atoms with Gasteiger partial charge in [0.1, 0.15) is 6.10 Å². The van der Waals surface area contributed by atoms with Crippen LogP contribution in [0.2, 0.25) is 0 Å². The van der Waals surface area contributed by atoms with E-state index >= 15 is 0 Å². The number of thiophene rings is 1. The number of rotatable bonds is 2. The highest BCUT2D eigenvalue weighted by molar-refractivity contribution is 7.20. The smallest absolute Gasteiger partial charge is 0.235 e. The third kappa shape index (κ3) is 1.75. The van der Waals surface area contributed by atoms with Gasteiger partial charge in [0.05, 0.1) is 5.00 Å². The lowest BCUT2D eigenvalue weighted by Crippen LogP contribution is -2.03. The summed E-state index contributed by atoms with van der Waals surface area (Å²) in [6, 6.07) is 1.98. The molecule has 8 heteroatoms. The van der Waals surface area contributed by atoms with Crippen LogP contribution < -0.4 is 5.73 Å². The Morgan fingerprint density at radius 2 is 2.37 bits per heavy atom. The zero-order chi connectivity index (χ0) is 12.8. The first-order valence-corrected chi connectivity index (χ1v) is 7.69. The summed E-state index contributed by atoms with van der Waals surface area (Å²) in [6.07, 6.45) is 2.06. The minimum atomic E-state index is 0.0183. The Balaban J connectivity index is 1.82. The van der Waals surface area contributed by atoms with Gasteiger partial charge in [-0.3, -0.25) is 0 Å². The molecule has 4 heterocycles. The van der Waals surface area contributed by atoms with E-state index < -0.39 is 0 Å². The maximum absolute atomic E-state index is 5.94. The van der Waals surface area contributed by atoms with Crippen LogP contribution in [0.4, 0.5) is 5.00 Å². The van der Waals surface area contributed by atoms with Crippen molar-refractivity contribution in [3.05, 3.63) is 17.3 Å². The van der Waals surface area contributed by atoms with Crippen molar-refractivity contribution in [1.82, 2.24) is 19.8 Å². The SMILES string of the molecule is Nc1sccc1-c1nn2c(C3CCCO3)nnc2s1. The Morgan fingerprint density at radius 1 is 1.42 bits per heavy atom. The zero-order valence-corrected chi connectivity index (χ0v) is 11.6. The van der Waals surface area contributed by atoms with Gasteiger partial charge in [0.15, 0.2) is 10.8 Å². The number of hydrogen-bond donors (Lipinski definition) is 1. The lowest BCUT2D eigenvalue weighted by Gasteiger charge is -2.04. The molecule has 0 bridgehead atoms. The van der Waals surface area contributed by atoms with Crippen LogP contribution in [0.15, 0.2) is 11.4 Å². The molecule has 0 saturated carbocycles. The predicted octanol–water partition coefficient (Wildman–Crippen LogP) is 2.35. The van der Waals surface area contributed by atoms with Crippen LogP contribution in [-0.4, -0.2) is 26.4 Å². The molecule has 1 atom stereocenters. The molecule has 19 heavy (non-hydrogen) atoms. The van der Waals surface area contributed by atoms with Crippen LogP contribution in [0, 0.1) is 0 Å². The molecule has 0 aromatic carbocycles. The highest BCUT2D eigenvalue weighted by Gasteiger charge is 2.25. The number of ether oxygens (including phenoxy) is 1. The summed E-state index contributed by atoms with van der Waals surface area (Å²) in [4.78, 5) is 0.783. The summed E-state index contributed by atoms with van der Waals surface area (Å²) in [5, 5.41) is 16.6. The van der Waals surface area contributed by atoms with Crippen molar-refractivity contribution in [2.45, 2.75) is 18.9 Å². The van der Waals surface area contributed by atoms with E-state index in [1.54, 1.807) is 4.52 Å². The number of nitrogens with two attached hydrogens (primary N) is 1. The molecule has 1 aliphatic heterocycles. The minimum absolute atomic E-state index is 0.0183. The van der Waals surface area contributed by atoms with E-state index in [9.17, 15) is 0 Å².